The summed E-state index contributed by atoms with van der Waals surface area (Å²) in [6, 6.07) is 17.2. The summed E-state index contributed by atoms with van der Waals surface area (Å²) in [5, 5.41) is 6.10. The minimum absolute atomic E-state index is 0.0879. The van der Waals surface area contributed by atoms with Crippen molar-refractivity contribution in [2.45, 2.75) is 32.7 Å². The molecule has 0 aliphatic rings. The number of carbonyl (C=O) groups excluding carboxylic acids is 1. The lowest BCUT2D eigenvalue weighted by Crippen LogP contribution is -2.14. The quantitative estimate of drug-likeness (QED) is 0.696. The van der Waals surface area contributed by atoms with Gasteiger partial charge in [-0.05, 0) is 47.4 Å². The van der Waals surface area contributed by atoms with Crippen LogP contribution in [-0.2, 0) is 12.0 Å². The van der Waals surface area contributed by atoms with Crippen LogP contribution in [0.5, 0.6) is 0 Å². The van der Waals surface area contributed by atoms with Gasteiger partial charge in [-0.15, -0.1) is 0 Å². The number of pyridine rings is 2. The maximum atomic E-state index is 12.4. The Labute approximate surface area is 159 Å². The molecule has 0 atom stereocenters. The van der Waals surface area contributed by atoms with Crippen molar-refractivity contribution >= 4 is 17.4 Å². The molecule has 0 bridgehead atoms. The molecule has 3 aromatic rings. The first-order chi connectivity index (χ1) is 12.9. The summed E-state index contributed by atoms with van der Waals surface area (Å²) >= 11 is 0. The van der Waals surface area contributed by atoms with E-state index < -0.39 is 0 Å². The van der Waals surface area contributed by atoms with Gasteiger partial charge in [0.05, 0.1) is 17.8 Å². The monoisotopic (exact) mass is 360 g/mol. The van der Waals surface area contributed by atoms with Crippen molar-refractivity contribution in [3.63, 3.8) is 0 Å². The minimum atomic E-state index is -0.178. The summed E-state index contributed by atoms with van der Waals surface area (Å²) < 4.78 is 0. The van der Waals surface area contributed by atoms with Gasteiger partial charge in [0.2, 0.25) is 0 Å². The van der Waals surface area contributed by atoms with Crippen LogP contribution in [0.2, 0.25) is 0 Å². The Bertz CT molecular complexity index is 882. The number of nitrogens with zero attached hydrogens (tertiary/aromatic N) is 2. The van der Waals surface area contributed by atoms with Crippen molar-refractivity contribution in [2.75, 3.05) is 10.6 Å². The largest absolute Gasteiger partial charge is 0.364 e. The molecule has 0 spiro atoms. The number of rotatable bonds is 5. The molecule has 0 unspecified atom stereocenters. The number of anilines is 2. The molecule has 2 N–H and O–H groups in total. The number of amides is 1. The second-order valence-electron chi connectivity index (χ2n) is 7.39. The van der Waals surface area contributed by atoms with E-state index in [1.807, 2.05) is 42.5 Å². The van der Waals surface area contributed by atoms with Crippen molar-refractivity contribution in [3.05, 3.63) is 83.8 Å². The SMILES string of the molecule is CC(C)(C)c1ccc(NC(=O)c2ccc(NCc3ccccn3)nc2)cc1. The molecule has 0 aliphatic heterocycles. The highest BCUT2D eigenvalue weighted by Crippen LogP contribution is 2.23. The first-order valence-corrected chi connectivity index (χ1v) is 8.93. The lowest BCUT2D eigenvalue weighted by atomic mass is 9.87. The number of carbonyl (C=O) groups is 1. The highest BCUT2D eigenvalue weighted by Gasteiger charge is 2.13. The van der Waals surface area contributed by atoms with Crippen LogP contribution in [-0.4, -0.2) is 15.9 Å². The number of hydrogen-bond donors (Lipinski definition) is 2. The van der Waals surface area contributed by atoms with Crippen LogP contribution in [0.1, 0.15) is 42.4 Å². The van der Waals surface area contributed by atoms with Crippen LogP contribution in [0.15, 0.2) is 67.0 Å². The summed E-state index contributed by atoms with van der Waals surface area (Å²) in [6.07, 6.45) is 3.32. The van der Waals surface area contributed by atoms with Crippen LogP contribution in [0, 0.1) is 0 Å². The normalized spacial score (nSPS) is 11.1. The van der Waals surface area contributed by atoms with Gasteiger partial charge in [-0.1, -0.05) is 39.0 Å². The van der Waals surface area contributed by atoms with Crippen molar-refractivity contribution in [1.29, 1.82) is 0 Å². The number of nitrogens with one attached hydrogen (secondary N) is 2. The van der Waals surface area contributed by atoms with Gasteiger partial charge in [0.25, 0.3) is 5.91 Å². The highest BCUT2D eigenvalue weighted by molar-refractivity contribution is 6.04. The fraction of sp³-hybridized carbons (Fsp3) is 0.227. The molecule has 138 valence electrons. The maximum absolute atomic E-state index is 12.4. The smallest absolute Gasteiger partial charge is 0.257 e. The van der Waals surface area contributed by atoms with Gasteiger partial charge in [0.15, 0.2) is 0 Å². The van der Waals surface area contributed by atoms with Gasteiger partial charge in [0.1, 0.15) is 5.82 Å². The molecule has 2 heterocycles. The topological polar surface area (TPSA) is 66.9 Å². The number of aromatic nitrogens is 2. The fourth-order valence-corrected chi connectivity index (χ4v) is 2.57. The van der Waals surface area contributed by atoms with Crippen molar-refractivity contribution in [2.24, 2.45) is 0 Å². The molecule has 5 nitrogen and oxygen atoms in total. The zero-order valence-electron chi connectivity index (χ0n) is 15.9. The lowest BCUT2D eigenvalue weighted by molar-refractivity contribution is 0.102. The Balaban J connectivity index is 1.58. The molecule has 1 aromatic carbocycles. The molecular weight excluding hydrogens is 336 g/mol. The Kier molecular flexibility index (Phi) is 5.50. The van der Waals surface area contributed by atoms with Crippen LogP contribution >= 0.6 is 0 Å². The Hall–Kier alpha value is -3.21. The van der Waals surface area contributed by atoms with Crippen molar-refractivity contribution < 1.29 is 4.79 Å². The van der Waals surface area contributed by atoms with E-state index in [9.17, 15) is 4.79 Å². The molecule has 5 heteroatoms. The molecule has 0 fully saturated rings. The van der Waals surface area contributed by atoms with Gasteiger partial charge >= 0.3 is 0 Å². The van der Waals surface area contributed by atoms with E-state index in [-0.39, 0.29) is 11.3 Å². The predicted molar refractivity (Wildman–Crippen MR) is 109 cm³/mol. The molecule has 0 radical (unpaired) electrons. The lowest BCUT2D eigenvalue weighted by Gasteiger charge is -2.19. The van der Waals surface area contributed by atoms with Gasteiger partial charge in [-0.3, -0.25) is 9.78 Å². The third kappa shape index (κ3) is 5.14. The fourth-order valence-electron chi connectivity index (χ4n) is 2.57. The molecule has 0 saturated carbocycles. The molecule has 0 saturated heterocycles. The van der Waals surface area contributed by atoms with Gasteiger partial charge in [-0.2, -0.15) is 0 Å². The van der Waals surface area contributed by atoms with E-state index in [1.54, 1.807) is 24.5 Å². The summed E-state index contributed by atoms with van der Waals surface area (Å²) in [4.78, 5) is 21.0. The second-order valence-corrected chi connectivity index (χ2v) is 7.39. The average Bonchev–Trinajstić information content (AvgIpc) is 2.67. The van der Waals surface area contributed by atoms with Gasteiger partial charge in [-0.25, -0.2) is 4.98 Å². The molecule has 0 aliphatic carbocycles. The Morgan fingerprint density at radius 3 is 2.33 bits per heavy atom. The molecule has 27 heavy (non-hydrogen) atoms. The zero-order chi connectivity index (χ0) is 19.3. The first-order valence-electron chi connectivity index (χ1n) is 8.93. The third-order valence-corrected chi connectivity index (χ3v) is 4.21. The minimum Gasteiger partial charge on any atom is -0.364 e. The van der Waals surface area contributed by atoms with E-state index in [0.29, 0.717) is 17.9 Å². The van der Waals surface area contributed by atoms with Crippen molar-refractivity contribution in [1.82, 2.24) is 9.97 Å². The van der Waals surface area contributed by atoms with Crippen LogP contribution in [0.4, 0.5) is 11.5 Å². The third-order valence-electron chi connectivity index (χ3n) is 4.21. The predicted octanol–water partition coefficient (Wildman–Crippen LogP) is 4.64. The molecule has 3 rings (SSSR count). The van der Waals surface area contributed by atoms with Gasteiger partial charge in [0, 0.05) is 18.1 Å². The highest BCUT2D eigenvalue weighted by atomic mass is 16.1. The summed E-state index contributed by atoms with van der Waals surface area (Å²) in [6.45, 7) is 7.07. The van der Waals surface area contributed by atoms with E-state index in [4.69, 9.17) is 0 Å². The van der Waals surface area contributed by atoms with E-state index in [0.717, 1.165) is 11.4 Å². The van der Waals surface area contributed by atoms with Crippen LogP contribution in [0.25, 0.3) is 0 Å². The first kappa shape index (κ1) is 18.6. The Morgan fingerprint density at radius 1 is 0.963 bits per heavy atom. The number of benzene rings is 1. The van der Waals surface area contributed by atoms with Gasteiger partial charge < -0.3 is 10.6 Å². The zero-order valence-corrected chi connectivity index (χ0v) is 15.9. The maximum Gasteiger partial charge on any atom is 0.257 e. The second kappa shape index (κ2) is 7.99. The average molecular weight is 360 g/mol. The van der Waals surface area contributed by atoms with Crippen molar-refractivity contribution in [3.8, 4) is 0 Å². The summed E-state index contributed by atoms with van der Waals surface area (Å²) in [5.74, 6) is 0.522. The van der Waals surface area contributed by atoms with Crippen LogP contribution in [0.3, 0.4) is 0 Å². The summed E-state index contributed by atoms with van der Waals surface area (Å²) in [5.41, 5.74) is 3.53. The molecular formula is C22H24N4O. The van der Waals surface area contributed by atoms with Crippen LogP contribution < -0.4 is 10.6 Å². The standard InChI is InChI=1S/C22H24N4O/c1-22(2,3)17-8-10-18(11-9-17)26-21(27)16-7-12-20(24-14-16)25-15-19-6-4-5-13-23-19/h4-14H,15H2,1-3H3,(H,24,25)(H,26,27). The Morgan fingerprint density at radius 2 is 1.74 bits per heavy atom. The molecule has 1 amide bonds. The summed E-state index contributed by atoms with van der Waals surface area (Å²) in [7, 11) is 0. The molecule has 2 aromatic heterocycles. The van der Waals surface area contributed by atoms with E-state index in [2.05, 4.69) is 41.4 Å². The van der Waals surface area contributed by atoms with E-state index in [1.165, 1.54) is 5.56 Å². The number of hydrogen-bond acceptors (Lipinski definition) is 4. The van der Waals surface area contributed by atoms with E-state index >= 15 is 0 Å².